The molecule has 1 aliphatic rings. The summed E-state index contributed by atoms with van der Waals surface area (Å²) in [6.07, 6.45) is -0.725. The van der Waals surface area contributed by atoms with E-state index in [0.717, 1.165) is 0 Å². The largest absolute Gasteiger partial charge is 0.509 e. The minimum Gasteiger partial charge on any atom is -0.426 e. The van der Waals surface area contributed by atoms with Gasteiger partial charge < -0.3 is 9.47 Å². The van der Waals surface area contributed by atoms with Crippen LogP contribution in [0.1, 0.15) is 34.6 Å². The van der Waals surface area contributed by atoms with Gasteiger partial charge in [0.2, 0.25) is 0 Å². The second kappa shape index (κ2) is 2.38. The maximum Gasteiger partial charge on any atom is 0.509 e. The third kappa shape index (κ3) is 1.54. The average molecular weight is 172 g/mol. The van der Waals surface area contributed by atoms with Crippen molar-refractivity contribution >= 4 is 6.16 Å². The Hall–Kier alpha value is -0.730. The monoisotopic (exact) mass is 172 g/mol. The normalized spacial score (nSPS) is 28.1. The van der Waals surface area contributed by atoms with Gasteiger partial charge in [0.05, 0.1) is 0 Å². The molecule has 0 spiro atoms. The molecule has 0 amide bonds. The van der Waals surface area contributed by atoms with Crippen LogP contribution in [0, 0.1) is 5.41 Å². The SMILES string of the molecule is CC(C)(C)[C@H]1OC(=O)OC1(C)C. The summed E-state index contributed by atoms with van der Waals surface area (Å²) >= 11 is 0. The molecule has 1 heterocycles. The number of cyclic esters (lactones) is 2. The van der Waals surface area contributed by atoms with Gasteiger partial charge in [-0.15, -0.1) is 0 Å². The highest BCUT2D eigenvalue weighted by Crippen LogP contribution is 2.37. The Morgan fingerprint density at radius 1 is 1.33 bits per heavy atom. The van der Waals surface area contributed by atoms with Crippen molar-refractivity contribution in [2.75, 3.05) is 0 Å². The van der Waals surface area contributed by atoms with Crippen molar-refractivity contribution in [3.05, 3.63) is 0 Å². The highest BCUT2D eigenvalue weighted by atomic mass is 16.8. The number of ether oxygens (including phenoxy) is 2. The van der Waals surface area contributed by atoms with Crippen LogP contribution in [-0.4, -0.2) is 17.9 Å². The standard InChI is InChI=1S/C9H16O3/c1-8(2,3)6-9(4,5)12-7(10)11-6/h6H,1-5H3/t6-/m1/s1. The summed E-state index contributed by atoms with van der Waals surface area (Å²) in [6.45, 7) is 9.83. The van der Waals surface area contributed by atoms with Gasteiger partial charge in [-0.2, -0.15) is 0 Å². The number of hydrogen-bond donors (Lipinski definition) is 0. The number of rotatable bonds is 0. The zero-order valence-electron chi connectivity index (χ0n) is 8.30. The molecule has 0 radical (unpaired) electrons. The number of carbonyl (C=O) groups is 1. The van der Waals surface area contributed by atoms with Crippen LogP contribution in [0.2, 0.25) is 0 Å². The Labute approximate surface area is 73.0 Å². The molecule has 1 rings (SSSR count). The van der Waals surface area contributed by atoms with Crippen molar-refractivity contribution in [3.8, 4) is 0 Å². The molecule has 12 heavy (non-hydrogen) atoms. The fourth-order valence-electron chi connectivity index (χ4n) is 1.75. The predicted octanol–water partition coefficient (Wildman–Crippen LogP) is 2.35. The molecule has 1 fully saturated rings. The van der Waals surface area contributed by atoms with Crippen molar-refractivity contribution in [2.24, 2.45) is 5.41 Å². The molecule has 0 aromatic heterocycles. The average Bonchev–Trinajstić information content (AvgIpc) is 2.02. The third-order valence-electron chi connectivity index (χ3n) is 1.98. The first-order valence-corrected chi connectivity index (χ1v) is 4.13. The Morgan fingerprint density at radius 3 is 2.00 bits per heavy atom. The van der Waals surface area contributed by atoms with E-state index in [9.17, 15) is 4.79 Å². The lowest BCUT2D eigenvalue weighted by atomic mass is 9.80. The predicted molar refractivity (Wildman–Crippen MR) is 44.9 cm³/mol. The lowest BCUT2D eigenvalue weighted by Gasteiger charge is -2.32. The van der Waals surface area contributed by atoms with E-state index >= 15 is 0 Å². The second-order valence-corrected chi connectivity index (χ2v) is 4.82. The summed E-state index contributed by atoms with van der Waals surface area (Å²) in [6, 6.07) is 0. The first-order chi connectivity index (χ1) is 5.23. The zero-order chi connectivity index (χ0) is 9.57. The van der Waals surface area contributed by atoms with Crippen molar-refractivity contribution in [1.82, 2.24) is 0 Å². The summed E-state index contributed by atoms with van der Waals surface area (Å²) in [5.74, 6) is 0. The Balaban J connectivity index is 2.86. The van der Waals surface area contributed by atoms with Gasteiger partial charge in [-0.3, -0.25) is 0 Å². The van der Waals surface area contributed by atoms with Gasteiger partial charge in [0.1, 0.15) is 11.7 Å². The van der Waals surface area contributed by atoms with Gasteiger partial charge in [0, 0.05) is 5.41 Å². The van der Waals surface area contributed by atoms with Gasteiger partial charge in [-0.25, -0.2) is 4.79 Å². The molecular weight excluding hydrogens is 156 g/mol. The van der Waals surface area contributed by atoms with Crippen LogP contribution >= 0.6 is 0 Å². The maximum atomic E-state index is 10.9. The second-order valence-electron chi connectivity index (χ2n) is 4.82. The van der Waals surface area contributed by atoms with E-state index < -0.39 is 11.8 Å². The van der Waals surface area contributed by atoms with E-state index in [2.05, 4.69) is 0 Å². The molecule has 1 saturated heterocycles. The minimum absolute atomic E-state index is 0.0737. The van der Waals surface area contributed by atoms with Crippen LogP contribution in [0.4, 0.5) is 4.79 Å². The third-order valence-corrected chi connectivity index (χ3v) is 1.98. The van der Waals surface area contributed by atoms with Gasteiger partial charge in [-0.1, -0.05) is 20.8 Å². The first kappa shape index (κ1) is 9.36. The summed E-state index contributed by atoms with van der Waals surface area (Å²) < 4.78 is 10.1. The molecule has 0 unspecified atom stereocenters. The molecule has 0 aromatic rings. The van der Waals surface area contributed by atoms with Crippen LogP contribution in [0.5, 0.6) is 0 Å². The first-order valence-electron chi connectivity index (χ1n) is 4.13. The van der Waals surface area contributed by atoms with Gasteiger partial charge in [0.15, 0.2) is 0 Å². The van der Waals surface area contributed by atoms with E-state index in [1.165, 1.54) is 0 Å². The van der Waals surface area contributed by atoms with Crippen molar-refractivity contribution in [3.63, 3.8) is 0 Å². The van der Waals surface area contributed by atoms with Crippen LogP contribution < -0.4 is 0 Å². The number of carbonyl (C=O) groups excluding carboxylic acids is 1. The van der Waals surface area contributed by atoms with Crippen molar-refractivity contribution < 1.29 is 14.3 Å². The van der Waals surface area contributed by atoms with Gasteiger partial charge >= 0.3 is 6.16 Å². The van der Waals surface area contributed by atoms with Crippen molar-refractivity contribution in [1.29, 1.82) is 0 Å². The molecule has 70 valence electrons. The van der Waals surface area contributed by atoms with E-state index in [1.807, 2.05) is 34.6 Å². The molecule has 0 bridgehead atoms. The van der Waals surface area contributed by atoms with Gasteiger partial charge in [0.25, 0.3) is 0 Å². The molecule has 0 N–H and O–H groups in total. The quantitative estimate of drug-likeness (QED) is 0.526. The molecule has 1 atom stereocenters. The molecule has 0 saturated carbocycles. The molecular formula is C9H16O3. The zero-order valence-corrected chi connectivity index (χ0v) is 8.30. The van der Waals surface area contributed by atoms with Crippen LogP contribution in [0.15, 0.2) is 0 Å². The van der Waals surface area contributed by atoms with Crippen LogP contribution in [0.3, 0.4) is 0 Å². The fraction of sp³-hybridized carbons (Fsp3) is 0.889. The molecule has 3 heteroatoms. The lowest BCUT2D eigenvalue weighted by molar-refractivity contribution is 0.00317. The molecule has 3 nitrogen and oxygen atoms in total. The lowest BCUT2D eigenvalue weighted by Crippen LogP contribution is -2.42. The van der Waals surface area contributed by atoms with E-state index in [0.29, 0.717) is 0 Å². The van der Waals surface area contributed by atoms with Crippen molar-refractivity contribution in [2.45, 2.75) is 46.3 Å². The Bertz CT molecular complexity index is 200. The highest BCUT2D eigenvalue weighted by Gasteiger charge is 2.49. The smallest absolute Gasteiger partial charge is 0.426 e. The Kier molecular flexibility index (Phi) is 1.85. The van der Waals surface area contributed by atoms with E-state index in [1.54, 1.807) is 0 Å². The summed E-state index contributed by atoms with van der Waals surface area (Å²) in [4.78, 5) is 10.9. The maximum absolute atomic E-state index is 10.9. The number of hydrogen-bond acceptors (Lipinski definition) is 3. The molecule has 0 aromatic carbocycles. The van der Waals surface area contributed by atoms with E-state index in [-0.39, 0.29) is 11.5 Å². The summed E-state index contributed by atoms with van der Waals surface area (Å²) in [5.41, 5.74) is -0.578. The van der Waals surface area contributed by atoms with Crippen LogP contribution in [-0.2, 0) is 9.47 Å². The Morgan fingerprint density at radius 2 is 1.83 bits per heavy atom. The molecule has 0 aliphatic carbocycles. The summed E-state index contributed by atoms with van der Waals surface area (Å²) in [7, 11) is 0. The fourth-order valence-corrected chi connectivity index (χ4v) is 1.75. The van der Waals surface area contributed by atoms with Gasteiger partial charge in [-0.05, 0) is 13.8 Å². The van der Waals surface area contributed by atoms with Crippen LogP contribution in [0.25, 0.3) is 0 Å². The highest BCUT2D eigenvalue weighted by molar-refractivity contribution is 5.63. The minimum atomic E-state index is -0.556. The topological polar surface area (TPSA) is 35.5 Å². The summed E-state index contributed by atoms with van der Waals surface area (Å²) in [5, 5.41) is 0. The molecule has 1 aliphatic heterocycles. The van der Waals surface area contributed by atoms with E-state index in [4.69, 9.17) is 9.47 Å².